The van der Waals surface area contributed by atoms with Crippen molar-refractivity contribution in [3.63, 3.8) is 0 Å². The summed E-state index contributed by atoms with van der Waals surface area (Å²) in [6.07, 6.45) is 24.1. The molecule has 0 aliphatic heterocycles. The maximum atomic E-state index is 2.99. The van der Waals surface area contributed by atoms with Crippen molar-refractivity contribution in [1.82, 2.24) is 0 Å². The molecule has 3 aliphatic carbocycles. The van der Waals surface area contributed by atoms with Crippen LogP contribution in [0, 0.1) is 24.3 Å². The summed E-state index contributed by atoms with van der Waals surface area (Å²) in [6, 6.07) is 0. The molecular weight excluding hydrogens is 366 g/mol. The van der Waals surface area contributed by atoms with Crippen molar-refractivity contribution in [2.45, 2.75) is 33.1 Å². The van der Waals surface area contributed by atoms with Gasteiger partial charge in [0.2, 0.25) is 0 Å². The quantitative estimate of drug-likeness (QED) is 0.439. The molecule has 0 bridgehead atoms. The van der Waals surface area contributed by atoms with Crippen LogP contribution in [0.3, 0.4) is 0 Å². The van der Waals surface area contributed by atoms with E-state index in [2.05, 4.69) is 56.7 Å². The minimum atomic E-state index is 0. The van der Waals surface area contributed by atoms with Crippen molar-refractivity contribution in [2.75, 3.05) is 0 Å². The van der Waals surface area contributed by atoms with Gasteiger partial charge >= 0.3 is 41.3 Å². The Kier molecular flexibility index (Phi) is 16.1. The van der Waals surface area contributed by atoms with Crippen LogP contribution in [-0.2, 0) is 24.2 Å². The van der Waals surface area contributed by atoms with Gasteiger partial charge in [0.15, 0.2) is 0 Å². The minimum Gasteiger partial charge on any atom is -1.00 e. The second kappa shape index (κ2) is 14.2. The molecule has 2 unspecified atom stereocenters. The van der Waals surface area contributed by atoms with Crippen LogP contribution < -0.4 is 24.8 Å². The average Bonchev–Trinajstić information content (AvgIpc) is 3.03. The molecule has 0 N–H and O–H groups in total. The summed E-state index contributed by atoms with van der Waals surface area (Å²) in [5.74, 6) is 1.62. The molecule has 3 rings (SSSR count). The first-order valence-corrected chi connectivity index (χ1v) is 7.85. The largest absolute Gasteiger partial charge is 1.00 e. The predicted molar refractivity (Wildman–Crippen MR) is 76.7 cm³/mol. The van der Waals surface area contributed by atoms with Crippen molar-refractivity contribution in [3.8, 4) is 0 Å². The summed E-state index contributed by atoms with van der Waals surface area (Å²) in [4.78, 5) is 0. The number of allylic oxidation sites excluding steroid dienone is 8. The van der Waals surface area contributed by atoms with Crippen molar-refractivity contribution in [3.05, 3.63) is 55.0 Å². The molecule has 3 heteroatoms. The van der Waals surface area contributed by atoms with E-state index in [9.17, 15) is 0 Å². The molecule has 0 spiro atoms. The second-order valence-electron chi connectivity index (χ2n) is 4.83. The molecular formula is C17H22Cl2Zr-2. The van der Waals surface area contributed by atoms with Gasteiger partial charge in [-0.3, -0.25) is 6.08 Å². The van der Waals surface area contributed by atoms with Gasteiger partial charge in [-0.1, -0.05) is 24.6 Å². The molecule has 2 atom stereocenters. The zero-order valence-electron chi connectivity index (χ0n) is 12.2. The van der Waals surface area contributed by atoms with Crippen molar-refractivity contribution < 1.29 is 49.0 Å². The second-order valence-corrected chi connectivity index (χ2v) is 7.29. The summed E-state index contributed by atoms with van der Waals surface area (Å²) < 4.78 is 1.51. The molecule has 1 saturated carbocycles. The molecule has 3 aliphatic rings. The Morgan fingerprint density at radius 3 is 2.25 bits per heavy atom. The van der Waals surface area contributed by atoms with Gasteiger partial charge in [0.1, 0.15) is 0 Å². The van der Waals surface area contributed by atoms with Gasteiger partial charge in [-0.05, 0) is 5.92 Å². The summed E-state index contributed by atoms with van der Waals surface area (Å²) in [6.45, 7) is 4.25. The molecule has 0 amide bonds. The Morgan fingerprint density at radius 2 is 1.80 bits per heavy atom. The van der Waals surface area contributed by atoms with Crippen LogP contribution in [0.5, 0.6) is 0 Å². The fraction of sp³-hybridized carbons (Fsp3) is 0.412. The minimum absolute atomic E-state index is 0. The monoisotopic (exact) mass is 386 g/mol. The van der Waals surface area contributed by atoms with Gasteiger partial charge in [-0.25, -0.2) is 12.2 Å². The van der Waals surface area contributed by atoms with Crippen LogP contribution in [0.15, 0.2) is 42.5 Å². The third-order valence-corrected chi connectivity index (χ3v) is 2.82. The summed E-state index contributed by atoms with van der Waals surface area (Å²) in [5.41, 5.74) is 0. The molecule has 110 valence electrons. The summed E-state index contributed by atoms with van der Waals surface area (Å²) in [7, 11) is 0. The third kappa shape index (κ3) is 11.0. The zero-order valence-corrected chi connectivity index (χ0v) is 16.1. The Hall–Kier alpha value is 0.293. The van der Waals surface area contributed by atoms with Crippen molar-refractivity contribution >= 4 is 3.21 Å². The Bertz CT molecular complexity index is 335. The number of fused-ring (bicyclic) bond motifs is 1. The van der Waals surface area contributed by atoms with Crippen LogP contribution >= 0.6 is 0 Å². The Labute approximate surface area is 151 Å². The van der Waals surface area contributed by atoms with Gasteiger partial charge in [-0.15, -0.1) is 18.4 Å². The van der Waals surface area contributed by atoms with Crippen LogP contribution in [0.25, 0.3) is 0 Å². The van der Waals surface area contributed by atoms with E-state index in [-0.39, 0.29) is 24.8 Å². The van der Waals surface area contributed by atoms with Gasteiger partial charge in [-0.2, -0.15) is 12.5 Å². The van der Waals surface area contributed by atoms with Gasteiger partial charge < -0.3 is 31.2 Å². The SMILES string of the molecule is C1=CC2[CH-]CCC2C=C1.C[C](C)=[Zr+2].[C-]1=CC=CC1.[Cl-].[Cl-]. The fourth-order valence-electron chi connectivity index (χ4n) is 2.03. The fourth-order valence-corrected chi connectivity index (χ4v) is 2.03. The molecule has 0 radical (unpaired) electrons. The van der Waals surface area contributed by atoms with Gasteiger partial charge in [0, 0.05) is 0 Å². The van der Waals surface area contributed by atoms with Crippen LogP contribution in [0.1, 0.15) is 33.1 Å². The third-order valence-electron chi connectivity index (χ3n) is 2.82. The van der Waals surface area contributed by atoms with E-state index in [4.69, 9.17) is 0 Å². The first kappa shape index (κ1) is 22.6. The predicted octanol–water partition coefficient (Wildman–Crippen LogP) is -1.60. The smallest absolute Gasteiger partial charge is 0.109 e. The Morgan fingerprint density at radius 1 is 1.15 bits per heavy atom. The van der Waals surface area contributed by atoms with E-state index in [1.54, 1.807) is 24.2 Å². The molecule has 0 saturated heterocycles. The van der Waals surface area contributed by atoms with E-state index in [1.807, 2.05) is 12.2 Å². The molecule has 0 nitrogen and oxygen atoms in total. The topological polar surface area (TPSA) is 0 Å². The van der Waals surface area contributed by atoms with Crippen molar-refractivity contribution in [1.29, 1.82) is 0 Å². The molecule has 0 aromatic rings. The van der Waals surface area contributed by atoms with E-state index in [0.717, 1.165) is 18.3 Å². The molecule has 1 fully saturated rings. The van der Waals surface area contributed by atoms with Crippen LogP contribution in [0.2, 0.25) is 0 Å². The number of hydrogen-bond donors (Lipinski definition) is 0. The van der Waals surface area contributed by atoms with Crippen molar-refractivity contribution in [2.24, 2.45) is 11.8 Å². The zero-order chi connectivity index (χ0) is 13.2. The van der Waals surface area contributed by atoms with Crippen LogP contribution in [-0.4, -0.2) is 3.21 Å². The number of rotatable bonds is 0. The van der Waals surface area contributed by atoms with E-state index < -0.39 is 0 Å². The van der Waals surface area contributed by atoms with E-state index in [0.29, 0.717) is 0 Å². The number of hydrogen-bond acceptors (Lipinski definition) is 0. The normalized spacial score (nSPS) is 23.4. The maximum Gasteiger partial charge on any atom is -0.109 e. The standard InChI is InChI=1S/C9H11.C5H5.C3H6.2ClH.Zr/c1-2-5-9-7-3-6-8(9)4-1;1-2-4-5-3-1;1-3-2;;;/h1-2,4-6,8-9H,3,7H2;1-3H,4H2;1-2H3;2*1H;/q2*-1;;;;+2/p-2. The maximum absolute atomic E-state index is 2.99. The van der Waals surface area contributed by atoms with Crippen LogP contribution in [0.4, 0.5) is 0 Å². The molecule has 20 heavy (non-hydrogen) atoms. The summed E-state index contributed by atoms with van der Waals surface area (Å²) >= 11 is 1.55. The number of halogens is 2. The molecule has 0 heterocycles. The first-order chi connectivity index (χ1) is 8.70. The summed E-state index contributed by atoms with van der Waals surface area (Å²) in [5, 5.41) is 0. The first-order valence-electron chi connectivity index (χ1n) is 6.62. The molecule has 0 aromatic heterocycles. The average molecular weight is 388 g/mol. The Balaban J connectivity index is 0. The van der Waals surface area contributed by atoms with E-state index >= 15 is 0 Å². The van der Waals surface area contributed by atoms with Gasteiger partial charge in [0.25, 0.3) is 0 Å². The molecule has 0 aromatic carbocycles. The van der Waals surface area contributed by atoms with Gasteiger partial charge in [0.05, 0.1) is 0 Å². The van der Waals surface area contributed by atoms with E-state index in [1.165, 1.54) is 16.0 Å².